The summed E-state index contributed by atoms with van der Waals surface area (Å²) >= 11 is 7.45. The molecule has 0 heterocycles. The van der Waals surface area contributed by atoms with Crippen molar-refractivity contribution in [1.29, 1.82) is 0 Å². The van der Waals surface area contributed by atoms with E-state index in [1.807, 2.05) is 56.3 Å². The van der Waals surface area contributed by atoms with E-state index in [2.05, 4.69) is 5.32 Å². The third-order valence-electron chi connectivity index (χ3n) is 3.87. The van der Waals surface area contributed by atoms with Crippen LogP contribution in [0.2, 0.25) is 5.02 Å². The molecule has 0 radical (unpaired) electrons. The zero-order chi connectivity index (χ0) is 19.1. The number of nitrogens with zero attached hydrogens (tertiary/aromatic N) is 1. The zero-order valence-electron chi connectivity index (χ0n) is 15.2. The van der Waals surface area contributed by atoms with Gasteiger partial charge >= 0.3 is 0 Å². The normalized spacial score (nSPS) is 10.5. The molecule has 2 amide bonds. The van der Waals surface area contributed by atoms with Gasteiger partial charge in [-0.3, -0.25) is 9.59 Å². The van der Waals surface area contributed by atoms with Gasteiger partial charge in [0.15, 0.2) is 0 Å². The van der Waals surface area contributed by atoms with Gasteiger partial charge in [0.25, 0.3) is 0 Å². The third-order valence-corrected chi connectivity index (χ3v) is 5.14. The largest absolute Gasteiger partial charge is 0.336 e. The molecular weight excluding hydrogens is 368 g/mol. The zero-order valence-corrected chi connectivity index (χ0v) is 16.8. The Kier molecular flexibility index (Phi) is 7.54. The monoisotopic (exact) mass is 390 g/mol. The van der Waals surface area contributed by atoms with Gasteiger partial charge in [-0.2, -0.15) is 0 Å². The van der Waals surface area contributed by atoms with Crippen LogP contribution in [0.5, 0.6) is 0 Å². The van der Waals surface area contributed by atoms with Crippen LogP contribution in [-0.2, 0) is 9.59 Å². The summed E-state index contributed by atoms with van der Waals surface area (Å²) < 4.78 is 0. The predicted octanol–water partition coefficient (Wildman–Crippen LogP) is 4.54. The Morgan fingerprint density at radius 3 is 2.50 bits per heavy atom. The number of halogens is 1. The Morgan fingerprint density at radius 2 is 1.81 bits per heavy atom. The van der Waals surface area contributed by atoms with Gasteiger partial charge in [0.1, 0.15) is 0 Å². The first-order valence-corrected chi connectivity index (χ1v) is 9.71. The number of hydrogen-bond acceptors (Lipinski definition) is 3. The van der Waals surface area contributed by atoms with E-state index in [4.69, 9.17) is 11.6 Å². The van der Waals surface area contributed by atoms with Gasteiger partial charge < -0.3 is 10.2 Å². The molecule has 2 aromatic rings. The smallest absolute Gasteiger partial charge is 0.243 e. The van der Waals surface area contributed by atoms with E-state index in [9.17, 15) is 9.59 Å². The van der Waals surface area contributed by atoms with Gasteiger partial charge in [-0.15, -0.1) is 11.8 Å². The molecule has 0 saturated heterocycles. The first-order valence-electron chi connectivity index (χ1n) is 8.34. The van der Waals surface area contributed by atoms with E-state index in [1.165, 1.54) is 4.90 Å². The van der Waals surface area contributed by atoms with Crippen molar-refractivity contribution in [3.05, 3.63) is 58.6 Å². The predicted molar refractivity (Wildman–Crippen MR) is 109 cm³/mol. The van der Waals surface area contributed by atoms with Gasteiger partial charge in [-0.25, -0.2) is 0 Å². The van der Waals surface area contributed by atoms with Crippen LogP contribution < -0.4 is 5.32 Å². The highest BCUT2D eigenvalue weighted by molar-refractivity contribution is 7.99. The Morgan fingerprint density at radius 1 is 1.12 bits per heavy atom. The van der Waals surface area contributed by atoms with Crippen molar-refractivity contribution >= 4 is 40.9 Å². The number of likely N-dealkylation sites (N-methyl/N-ethyl adjacent to an activating group) is 1. The quantitative estimate of drug-likeness (QED) is 0.706. The number of thioether (sulfide) groups is 1. The highest BCUT2D eigenvalue weighted by Crippen LogP contribution is 2.21. The lowest BCUT2D eigenvalue weighted by atomic mass is 10.1. The average Bonchev–Trinajstić information content (AvgIpc) is 2.59. The van der Waals surface area contributed by atoms with Crippen molar-refractivity contribution in [2.75, 3.05) is 24.7 Å². The summed E-state index contributed by atoms with van der Waals surface area (Å²) in [6.45, 7) is 3.96. The van der Waals surface area contributed by atoms with Gasteiger partial charge in [-0.1, -0.05) is 23.7 Å². The van der Waals surface area contributed by atoms with Crippen molar-refractivity contribution in [3.8, 4) is 0 Å². The second-order valence-electron chi connectivity index (χ2n) is 6.17. The molecule has 0 aromatic heterocycles. The molecule has 2 aromatic carbocycles. The lowest BCUT2D eigenvalue weighted by molar-refractivity contribution is -0.132. The lowest BCUT2D eigenvalue weighted by Gasteiger charge is -2.17. The Hall–Kier alpha value is -1.98. The molecule has 0 aliphatic heterocycles. The number of rotatable bonds is 7. The maximum Gasteiger partial charge on any atom is 0.243 e. The van der Waals surface area contributed by atoms with Gasteiger partial charge in [0.2, 0.25) is 11.8 Å². The van der Waals surface area contributed by atoms with Crippen molar-refractivity contribution in [2.45, 2.75) is 25.2 Å². The molecule has 0 spiro atoms. The summed E-state index contributed by atoms with van der Waals surface area (Å²) in [4.78, 5) is 26.9. The summed E-state index contributed by atoms with van der Waals surface area (Å²) in [6, 6.07) is 13.4. The number of amides is 2. The second kappa shape index (κ2) is 9.64. The molecule has 6 heteroatoms. The molecule has 4 nitrogen and oxygen atoms in total. The first-order chi connectivity index (χ1) is 12.3. The third kappa shape index (κ3) is 6.39. The van der Waals surface area contributed by atoms with Crippen LogP contribution in [0, 0.1) is 13.8 Å². The molecule has 0 saturated carbocycles. The van der Waals surface area contributed by atoms with Gasteiger partial charge in [0, 0.05) is 34.8 Å². The fourth-order valence-corrected chi connectivity index (χ4v) is 3.31. The molecule has 26 heavy (non-hydrogen) atoms. The van der Waals surface area contributed by atoms with E-state index in [0.29, 0.717) is 17.2 Å². The lowest BCUT2D eigenvalue weighted by Crippen LogP contribution is -2.35. The van der Waals surface area contributed by atoms with Crippen LogP contribution in [0.4, 0.5) is 5.69 Å². The molecule has 1 N–H and O–H groups in total. The standard InChI is InChI=1S/C20H23ClN2O2S/c1-14-4-5-15(2)18(12-14)22-19(24)13-23(3)20(25)10-11-26-17-8-6-16(21)7-9-17/h4-9,12H,10-11,13H2,1-3H3,(H,22,24). The Labute approximate surface area is 163 Å². The number of hydrogen-bond donors (Lipinski definition) is 1. The average molecular weight is 391 g/mol. The van der Waals surface area contributed by atoms with Crippen LogP contribution in [0.3, 0.4) is 0 Å². The molecule has 2 rings (SSSR count). The van der Waals surface area contributed by atoms with Gasteiger partial charge in [-0.05, 0) is 55.3 Å². The summed E-state index contributed by atoms with van der Waals surface area (Å²) in [5.41, 5.74) is 2.86. The van der Waals surface area contributed by atoms with Crippen molar-refractivity contribution in [3.63, 3.8) is 0 Å². The molecule has 0 aliphatic rings. The Bertz CT molecular complexity index is 778. The van der Waals surface area contributed by atoms with Crippen LogP contribution in [0.1, 0.15) is 17.5 Å². The highest BCUT2D eigenvalue weighted by atomic mass is 35.5. The van der Waals surface area contributed by atoms with Crippen molar-refractivity contribution < 1.29 is 9.59 Å². The molecule has 0 unspecified atom stereocenters. The molecular formula is C20H23ClN2O2S. The minimum Gasteiger partial charge on any atom is -0.336 e. The van der Waals surface area contributed by atoms with Crippen molar-refractivity contribution in [1.82, 2.24) is 4.90 Å². The number of carbonyl (C=O) groups excluding carboxylic acids is 2. The number of anilines is 1. The van der Waals surface area contributed by atoms with E-state index < -0.39 is 0 Å². The van der Waals surface area contributed by atoms with E-state index >= 15 is 0 Å². The maximum absolute atomic E-state index is 12.2. The van der Waals surface area contributed by atoms with Crippen LogP contribution in [-0.4, -0.2) is 36.1 Å². The molecule has 138 valence electrons. The molecule has 0 atom stereocenters. The van der Waals surface area contributed by atoms with E-state index in [1.54, 1.807) is 18.8 Å². The minimum atomic E-state index is -0.195. The SMILES string of the molecule is Cc1ccc(C)c(NC(=O)CN(C)C(=O)CCSc2ccc(Cl)cc2)c1. The highest BCUT2D eigenvalue weighted by Gasteiger charge is 2.13. The summed E-state index contributed by atoms with van der Waals surface area (Å²) in [6.07, 6.45) is 0.376. The first kappa shape index (κ1) is 20.3. The van der Waals surface area contributed by atoms with Crippen molar-refractivity contribution in [2.24, 2.45) is 0 Å². The second-order valence-corrected chi connectivity index (χ2v) is 7.77. The summed E-state index contributed by atoms with van der Waals surface area (Å²) in [7, 11) is 1.65. The maximum atomic E-state index is 12.2. The summed E-state index contributed by atoms with van der Waals surface area (Å²) in [5, 5.41) is 3.57. The number of benzene rings is 2. The van der Waals surface area contributed by atoms with Crippen LogP contribution in [0.25, 0.3) is 0 Å². The van der Waals surface area contributed by atoms with E-state index in [0.717, 1.165) is 21.7 Å². The summed E-state index contributed by atoms with van der Waals surface area (Å²) in [5.74, 6) is 0.408. The number of nitrogens with one attached hydrogen (secondary N) is 1. The Balaban J connectivity index is 1.77. The fourth-order valence-electron chi connectivity index (χ4n) is 2.34. The number of aryl methyl sites for hydroxylation is 2. The van der Waals surface area contributed by atoms with Crippen LogP contribution in [0.15, 0.2) is 47.4 Å². The molecule has 0 bridgehead atoms. The minimum absolute atomic E-state index is 0.0395. The molecule has 0 fully saturated rings. The fraction of sp³-hybridized carbons (Fsp3) is 0.300. The number of carbonyl (C=O) groups is 2. The topological polar surface area (TPSA) is 49.4 Å². The molecule has 0 aliphatic carbocycles. The van der Waals surface area contributed by atoms with Crippen LogP contribution >= 0.6 is 23.4 Å². The van der Waals surface area contributed by atoms with E-state index in [-0.39, 0.29) is 18.4 Å². The van der Waals surface area contributed by atoms with Gasteiger partial charge in [0.05, 0.1) is 6.54 Å².